The first-order valence-electron chi connectivity index (χ1n) is 5.60. The van der Waals surface area contributed by atoms with Crippen LogP contribution < -0.4 is 0 Å². The number of ether oxygens (including phenoxy) is 2. The zero-order chi connectivity index (χ0) is 13.9. The second-order valence-electron chi connectivity index (χ2n) is 4.39. The highest BCUT2D eigenvalue weighted by atomic mass is 16.5. The van der Waals surface area contributed by atoms with Crippen molar-refractivity contribution in [1.29, 1.82) is 0 Å². The first-order chi connectivity index (χ1) is 8.40. The van der Waals surface area contributed by atoms with Gasteiger partial charge in [-0.3, -0.25) is 14.4 Å². The van der Waals surface area contributed by atoms with E-state index < -0.39 is 29.1 Å². The number of hydrogen-bond donors (Lipinski definition) is 0. The fourth-order valence-electron chi connectivity index (χ4n) is 2.37. The van der Waals surface area contributed by atoms with Crippen LogP contribution in [0.2, 0.25) is 0 Å². The third-order valence-electron chi connectivity index (χ3n) is 3.26. The number of ketones is 2. The Labute approximate surface area is 105 Å². The summed E-state index contributed by atoms with van der Waals surface area (Å²) in [6.07, 6.45) is 0.375. The average Bonchev–Trinajstić information content (AvgIpc) is 2.66. The average molecular weight is 256 g/mol. The molecule has 100 valence electrons. The highest BCUT2D eigenvalue weighted by molar-refractivity contribution is 6.22. The Balaban J connectivity index is 3.08. The standard InChI is InChI=1S/C12H16O6/c1-7(13)6-8-4-5-12(9(8)14,10(15)17-2)11(16)18-3/h8H,4-6H2,1-3H3. The Bertz CT molecular complexity index is 381. The van der Waals surface area contributed by atoms with E-state index in [2.05, 4.69) is 9.47 Å². The van der Waals surface area contributed by atoms with Crippen LogP contribution in [0.4, 0.5) is 0 Å². The molecule has 18 heavy (non-hydrogen) atoms. The van der Waals surface area contributed by atoms with Crippen molar-refractivity contribution >= 4 is 23.5 Å². The topological polar surface area (TPSA) is 86.7 Å². The van der Waals surface area contributed by atoms with Crippen LogP contribution in [0.3, 0.4) is 0 Å². The molecule has 0 saturated heterocycles. The summed E-state index contributed by atoms with van der Waals surface area (Å²) in [4.78, 5) is 46.8. The van der Waals surface area contributed by atoms with Crippen molar-refractivity contribution in [2.24, 2.45) is 11.3 Å². The molecule has 1 fully saturated rings. The number of hydrogen-bond acceptors (Lipinski definition) is 6. The monoisotopic (exact) mass is 256 g/mol. The van der Waals surface area contributed by atoms with Crippen molar-refractivity contribution in [2.75, 3.05) is 14.2 Å². The summed E-state index contributed by atoms with van der Waals surface area (Å²) in [5, 5.41) is 0. The summed E-state index contributed by atoms with van der Waals surface area (Å²) in [5.74, 6) is -3.16. The van der Waals surface area contributed by atoms with Gasteiger partial charge in [0.25, 0.3) is 0 Å². The lowest BCUT2D eigenvalue weighted by atomic mass is 9.83. The summed E-state index contributed by atoms with van der Waals surface area (Å²) in [7, 11) is 2.22. The molecule has 6 nitrogen and oxygen atoms in total. The molecule has 0 heterocycles. The first kappa shape index (κ1) is 14.3. The van der Waals surface area contributed by atoms with Crippen molar-refractivity contribution in [1.82, 2.24) is 0 Å². The molecule has 1 aliphatic rings. The van der Waals surface area contributed by atoms with Gasteiger partial charge in [0.2, 0.25) is 5.41 Å². The summed E-state index contributed by atoms with van der Waals surface area (Å²) in [6.45, 7) is 1.36. The van der Waals surface area contributed by atoms with Crippen LogP contribution in [0.1, 0.15) is 26.2 Å². The van der Waals surface area contributed by atoms with Gasteiger partial charge in [-0.1, -0.05) is 0 Å². The van der Waals surface area contributed by atoms with Crippen molar-refractivity contribution < 1.29 is 28.7 Å². The number of carbonyl (C=O) groups is 4. The third kappa shape index (κ3) is 2.14. The lowest BCUT2D eigenvalue weighted by Crippen LogP contribution is -2.46. The van der Waals surface area contributed by atoms with E-state index in [1.165, 1.54) is 6.92 Å². The van der Waals surface area contributed by atoms with E-state index in [1.54, 1.807) is 0 Å². The molecule has 1 saturated carbocycles. The number of methoxy groups -OCH3 is 2. The van der Waals surface area contributed by atoms with Gasteiger partial charge in [0.1, 0.15) is 5.78 Å². The molecule has 0 aliphatic heterocycles. The molecular formula is C12H16O6. The van der Waals surface area contributed by atoms with Gasteiger partial charge in [-0.05, 0) is 19.8 Å². The van der Waals surface area contributed by atoms with Crippen molar-refractivity contribution in [3.8, 4) is 0 Å². The highest BCUT2D eigenvalue weighted by Gasteiger charge is 2.60. The molecular weight excluding hydrogens is 240 g/mol. The third-order valence-corrected chi connectivity index (χ3v) is 3.26. The minimum absolute atomic E-state index is 0.0309. The Morgan fingerprint density at radius 2 is 1.72 bits per heavy atom. The van der Waals surface area contributed by atoms with Gasteiger partial charge in [-0.2, -0.15) is 0 Å². The first-order valence-corrected chi connectivity index (χ1v) is 5.60. The zero-order valence-corrected chi connectivity index (χ0v) is 10.6. The minimum atomic E-state index is -1.89. The summed E-state index contributed by atoms with van der Waals surface area (Å²) >= 11 is 0. The molecule has 0 amide bonds. The van der Waals surface area contributed by atoms with Crippen LogP contribution in [0.5, 0.6) is 0 Å². The maximum Gasteiger partial charge on any atom is 0.330 e. The molecule has 0 aromatic carbocycles. The maximum absolute atomic E-state index is 12.2. The Morgan fingerprint density at radius 3 is 2.11 bits per heavy atom. The van der Waals surface area contributed by atoms with Crippen LogP contribution >= 0.6 is 0 Å². The van der Waals surface area contributed by atoms with Crippen molar-refractivity contribution in [3.05, 3.63) is 0 Å². The van der Waals surface area contributed by atoms with Gasteiger partial charge in [0, 0.05) is 12.3 Å². The number of Topliss-reactive ketones (excluding diaryl/α,β-unsaturated/α-hetero) is 2. The molecule has 0 aromatic heterocycles. The predicted octanol–water partition coefficient (Wildman–Crippen LogP) is 0.277. The second kappa shape index (κ2) is 5.29. The summed E-state index contributed by atoms with van der Waals surface area (Å²) < 4.78 is 9.08. The van der Waals surface area contributed by atoms with Crippen LogP contribution in [0.25, 0.3) is 0 Å². The number of carbonyl (C=O) groups excluding carboxylic acids is 4. The molecule has 1 aliphatic carbocycles. The van der Waals surface area contributed by atoms with Crippen LogP contribution in [-0.2, 0) is 28.7 Å². The van der Waals surface area contributed by atoms with Gasteiger partial charge in [-0.25, -0.2) is 0 Å². The lowest BCUT2D eigenvalue weighted by Gasteiger charge is -2.21. The van der Waals surface area contributed by atoms with E-state index in [1.807, 2.05) is 0 Å². The predicted molar refractivity (Wildman–Crippen MR) is 59.5 cm³/mol. The van der Waals surface area contributed by atoms with Crippen molar-refractivity contribution in [2.45, 2.75) is 26.2 Å². The van der Waals surface area contributed by atoms with E-state index >= 15 is 0 Å². The molecule has 0 N–H and O–H groups in total. The van der Waals surface area contributed by atoms with E-state index in [4.69, 9.17) is 0 Å². The number of esters is 2. The molecule has 0 bridgehead atoms. The SMILES string of the molecule is COC(=O)C1(C(=O)OC)CCC(CC(C)=O)C1=O. The normalized spacial score (nSPS) is 21.5. The highest BCUT2D eigenvalue weighted by Crippen LogP contribution is 2.42. The van der Waals surface area contributed by atoms with Crippen LogP contribution in [-0.4, -0.2) is 37.7 Å². The van der Waals surface area contributed by atoms with Gasteiger partial charge >= 0.3 is 11.9 Å². The molecule has 1 atom stereocenters. The number of rotatable bonds is 4. The maximum atomic E-state index is 12.2. The fourth-order valence-corrected chi connectivity index (χ4v) is 2.37. The largest absolute Gasteiger partial charge is 0.468 e. The fraction of sp³-hybridized carbons (Fsp3) is 0.667. The summed E-state index contributed by atoms with van der Waals surface area (Å²) in [6, 6.07) is 0. The molecule has 6 heteroatoms. The molecule has 1 unspecified atom stereocenters. The zero-order valence-electron chi connectivity index (χ0n) is 10.6. The quantitative estimate of drug-likeness (QED) is 0.530. The van der Waals surface area contributed by atoms with Crippen molar-refractivity contribution in [3.63, 3.8) is 0 Å². The lowest BCUT2D eigenvalue weighted by molar-refractivity contribution is -0.171. The van der Waals surface area contributed by atoms with Gasteiger partial charge in [0.05, 0.1) is 14.2 Å². The Morgan fingerprint density at radius 1 is 1.22 bits per heavy atom. The van der Waals surface area contributed by atoms with E-state index in [9.17, 15) is 19.2 Å². The summed E-state index contributed by atoms with van der Waals surface area (Å²) in [5.41, 5.74) is -1.89. The van der Waals surface area contributed by atoms with Crippen LogP contribution in [0, 0.1) is 11.3 Å². The Kier molecular flexibility index (Phi) is 4.21. The van der Waals surface area contributed by atoms with Gasteiger partial charge < -0.3 is 14.3 Å². The Hall–Kier alpha value is -1.72. The molecule has 1 rings (SSSR count). The molecule has 0 aromatic rings. The van der Waals surface area contributed by atoms with Gasteiger partial charge in [0.15, 0.2) is 5.78 Å². The minimum Gasteiger partial charge on any atom is -0.468 e. The van der Waals surface area contributed by atoms with E-state index in [0.717, 1.165) is 14.2 Å². The second-order valence-corrected chi connectivity index (χ2v) is 4.39. The van der Waals surface area contributed by atoms with E-state index in [-0.39, 0.29) is 18.6 Å². The smallest absolute Gasteiger partial charge is 0.330 e. The molecule has 0 spiro atoms. The van der Waals surface area contributed by atoms with Crippen LogP contribution in [0.15, 0.2) is 0 Å². The van der Waals surface area contributed by atoms with Gasteiger partial charge in [-0.15, -0.1) is 0 Å². The van der Waals surface area contributed by atoms with E-state index in [0.29, 0.717) is 6.42 Å². The molecule has 0 radical (unpaired) electrons.